The van der Waals surface area contributed by atoms with E-state index < -0.39 is 28.6 Å². The molecule has 3 atom stereocenters. The number of unbranched alkanes of at least 4 members (excludes halogenated alkanes) is 2. The van der Waals surface area contributed by atoms with E-state index in [0.29, 0.717) is 42.6 Å². The summed E-state index contributed by atoms with van der Waals surface area (Å²) >= 11 is 0. The van der Waals surface area contributed by atoms with Crippen LogP contribution in [0.4, 0.5) is 0 Å². The average molecular weight is 513 g/mol. The molecule has 7 heteroatoms. The Labute approximate surface area is 221 Å². The lowest BCUT2D eigenvalue weighted by molar-refractivity contribution is -0.144. The van der Waals surface area contributed by atoms with Gasteiger partial charge in [-0.05, 0) is 40.4 Å². The molecule has 0 radical (unpaired) electrons. The van der Waals surface area contributed by atoms with Crippen LogP contribution in [0.15, 0.2) is 12.1 Å². The highest BCUT2D eigenvalue weighted by Crippen LogP contribution is 2.47. The second-order valence-electron chi connectivity index (χ2n) is 12.7. The van der Waals surface area contributed by atoms with E-state index in [4.69, 9.17) is 0 Å². The van der Waals surface area contributed by atoms with Crippen LogP contribution in [0.3, 0.4) is 0 Å². The van der Waals surface area contributed by atoms with Gasteiger partial charge < -0.3 is 5.11 Å². The minimum absolute atomic E-state index is 0.0549. The number of carbonyl (C=O) groups excluding carboxylic acids is 4. The van der Waals surface area contributed by atoms with Gasteiger partial charge in [-0.1, -0.05) is 80.4 Å². The van der Waals surface area contributed by atoms with Crippen molar-refractivity contribution in [3.05, 3.63) is 28.8 Å². The molecule has 0 saturated carbocycles. The molecule has 0 aliphatic carbocycles. The quantitative estimate of drug-likeness (QED) is 0.493. The van der Waals surface area contributed by atoms with Gasteiger partial charge in [0, 0.05) is 19.5 Å². The van der Waals surface area contributed by atoms with E-state index >= 15 is 0 Å². The van der Waals surface area contributed by atoms with Crippen molar-refractivity contribution in [2.75, 3.05) is 13.1 Å². The Kier molecular flexibility index (Phi) is 8.25. The molecule has 3 unspecified atom stereocenters. The Morgan fingerprint density at radius 2 is 1.27 bits per heavy atom. The fraction of sp³-hybridized carbons (Fsp3) is 0.667. The van der Waals surface area contributed by atoms with E-state index in [0.717, 1.165) is 12.8 Å². The third kappa shape index (κ3) is 5.46. The largest absolute Gasteiger partial charge is 0.507 e. The second-order valence-corrected chi connectivity index (χ2v) is 12.7. The van der Waals surface area contributed by atoms with E-state index in [2.05, 4.69) is 0 Å². The van der Waals surface area contributed by atoms with E-state index in [1.54, 1.807) is 0 Å². The maximum Gasteiger partial charge on any atom is 0.237 e. The fourth-order valence-electron chi connectivity index (χ4n) is 5.56. The molecule has 0 aromatic heterocycles. The average Bonchev–Trinajstić information content (AvgIpc) is 3.20. The third-order valence-corrected chi connectivity index (χ3v) is 7.73. The highest BCUT2D eigenvalue weighted by Gasteiger charge is 2.56. The number of aromatic hydroxyl groups is 1. The monoisotopic (exact) mass is 512 g/mol. The molecule has 1 aromatic carbocycles. The van der Waals surface area contributed by atoms with Crippen molar-refractivity contribution in [2.45, 2.75) is 104 Å². The van der Waals surface area contributed by atoms with Crippen molar-refractivity contribution in [3.63, 3.8) is 0 Å². The Balaban J connectivity index is 2.18. The van der Waals surface area contributed by atoms with Crippen LogP contribution in [0.2, 0.25) is 0 Å². The summed E-state index contributed by atoms with van der Waals surface area (Å²) < 4.78 is 0. The third-order valence-electron chi connectivity index (χ3n) is 7.73. The minimum Gasteiger partial charge on any atom is -0.507 e. The van der Waals surface area contributed by atoms with Crippen LogP contribution in [0, 0.1) is 11.8 Å². The number of likely N-dealkylation sites (tertiary alicyclic amines) is 2. The number of nitrogens with zero attached hydrogens (tertiary/aromatic N) is 2. The Morgan fingerprint density at radius 3 is 1.73 bits per heavy atom. The predicted octanol–water partition coefficient (Wildman–Crippen LogP) is 5.03. The van der Waals surface area contributed by atoms with Crippen LogP contribution in [-0.4, -0.2) is 51.6 Å². The number of phenolic OH excluding ortho intramolecular Hbond substituents is 1. The zero-order valence-electron chi connectivity index (χ0n) is 23.8. The maximum atomic E-state index is 13.9. The second kappa shape index (κ2) is 10.6. The molecule has 4 amide bonds. The molecule has 7 nitrogen and oxygen atoms in total. The Bertz CT molecular complexity index is 1040. The van der Waals surface area contributed by atoms with Gasteiger partial charge in [0.2, 0.25) is 23.6 Å². The standard InChI is InChI=1S/C30H44N2O5/c1-9-11-13-31-22(33)17-19(26(31)35)24-23(27(36)32(28(24)37)14-12-10-2)18-15-20(29(3,4)5)25(34)21(16-18)30(6,7)8/h15-16,19,23-24,34H,9-14,17H2,1-8H3. The van der Waals surface area contributed by atoms with Gasteiger partial charge in [0.05, 0.1) is 17.8 Å². The van der Waals surface area contributed by atoms with E-state index in [1.807, 2.05) is 67.5 Å². The summed E-state index contributed by atoms with van der Waals surface area (Å²) in [5, 5.41) is 11.2. The first-order valence-corrected chi connectivity index (χ1v) is 13.7. The van der Waals surface area contributed by atoms with E-state index in [1.165, 1.54) is 9.80 Å². The molecule has 2 heterocycles. The number of rotatable bonds is 8. The summed E-state index contributed by atoms with van der Waals surface area (Å²) in [5.74, 6) is -3.78. The SMILES string of the molecule is CCCCN1C(=O)CC(C2C(=O)N(CCCC)C(=O)C2c2cc(C(C)(C)C)c(O)c(C(C)(C)C)c2)C1=O. The lowest BCUT2D eigenvalue weighted by atomic mass is 9.73. The van der Waals surface area contributed by atoms with E-state index in [-0.39, 0.29) is 35.8 Å². The van der Waals surface area contributed by atoms with Crippen molar-refractivity contribution < 1.29 is 24.3 Å². The van der Waals surface area contributed by atoms with Crippen LogP contribution < -0.4 is 0 Å². The van der Waals surface area contributed by atoms with Crippen molar-refractivity contribution >= 4 is 23.6 Å². The summed E-state index contributed by atoms with van der Waals surface area (Å²) in [5.41, 5.74) is 1.18. The Hall–Kier alpha value is -2.70. The first kappa shape index (κ1) is 28.9. The molecule has 1 aromatic rings. The molecule has 204 valence electrons. The molecule has 0 bridgehead atoms. The number of hydrogen-bond donors (Lipinski definition) is 1. The van der Waals surface area contributed by atoms with Crippen molar-refractivity contribution in [2.24, 2.45) is 11.8 Å². The number of carbonyl (C=O) groups is 4. The molecule has 2 saturated heterocycles. The number of benzene rings is 1. The van der Waals surface area contributed by atoms with Crippen molar-refractivity contribution in [3.8, 4) is 5.75 Å². The molecule has 1 N–H and O–H groups in total. The zero-order valence-corrected chi connectivity index (χ0v) is 23.8. The molecular weight excluding hydrogens is 468 g/mol. The van der Waals surface area contributed by atoms with Crippen LogP contribution in [0.5, 0.6) is 5.75 Å². The van der Waals surface area contributed by atoms with Gasteiger partial charge >= 0.3 is 0 Å². The fourth-order valence-corrected chi connectivity index (χ4v) is 5.56. The van der Waals surface area contributed by atoms with Crippen LogP contribution >= 0.6 is 0 Å². The molecule has 2 aliphatic heterocycles. The normalized spacial score (nSPS) is 23.1. The number of imide groups is 2. The summed E-state index contributed by atoms with van der Waals surface area (Å²) in [6, 6.07) is 3.65. The van der Waals surface area contributed by atoms with Gasteiger partial charge in [-0.25, -0.2) is 0 Å². The smallest absolute Gasteiger partial charge is 0.237 e. The number of hydrogen-bond acceptors (Lipinski definition) is 5. The van der Waals surface area contributed by atoms with Crippen molar-refractivity contribution in [1.29, 1.82) is 0 Å². The zero-order chi connectivity index (χ0) is 27.9. The maximum absolute atomic E-state index is 13.9. The molecule has 0 spiro atoms. The predicted molar refractivity (Wildman–Crippen MR) is 143 cm³/mol. The summed E-state index contributed by atoms with van der Waals surface area (Å²) in [6.07, 6.45) is 2.98. The highest BCUT2D eigenvalue weighted by molar-refractivity contribution is 6.12. The lowest BCUT2D eigenvalue weighted by Gasteiger charge is -2.30. The first-order valence-electron chi connectivity index (χ1n) is 13.7. The van der Waals surface area contributed by atoms with Crippen molar-refractivity contribution in [1.82, 2.24) is 9.80 Å². The lowest BCUT2D eigenvalue weighted by Crippen LogP contribution is -2.37. The van der Waals surface area contributed by atoms with Gasteiger partial charge in [-0.2, -0.15) is 0 Å². The van der Waals surface area contributed by atoms with Gasteiger partial charge in [0.15, 0.2) is 0 Å². The Morgan fingerprint density at radius 1 is 0.784 bits per heavy atom. The van der Waals surface area contributed by atoms with Crippen LogP contribution in [-0.2, 0) is 30.0 Å². The summed E-state index contributed by atoms with van der Waals surface area (Å²) in [6.45, 7) is 16.6. The minimum atomic E-state index is -0.933. The molecule has 2 aliphatic rings. The topological polar surface area (TPSA) is 95.0 Å². The number of amides is 4. The van der Waals surface area contributed by atoms with Gasteiger partial charge in [-0.3, -0.25) is 29.0 Å². The van der Waals surface area contributed by atoms with Gasteiger partial charge in [-0.15, -0.1) is 0 Å². The van der Waals surface area contributed by atoms with Gasteiger partial charge in [0.25, 0.3) is 0 Å². The van der Waals surface area contributed by atoms with Gasteiger partial charge in [0.1, 0.15) is 5.75 Å². The summed E-state index contributed by atoms with van der Waals surface area (Å²) in [7, 11) is 0. The first-order chi connectivity index (χ1) is 17.1. The molecular formula is C30H44N2O5. The highest BCUT2D eigenvalue weighted by atomic mass is 16.3. The van der Waals surface area contributed by atoms with E-state index in [9.17, 15) is 24.3 Å². The molecule has 2 fully saturated rings. The van der Waals surface area contributed by atoms with Crippen LogP contribution in [0.1, 0.15) is 110 Å². The molecule has 3 rings (SSSR count). The van der Waals surface area contributed by atoms with Crippen LogP contribution in [0.25, 0.3) is 0 Å². The number of phenols is 1. The summed E-state index contributed by atoms with van der Waals surface area (Å²) in [4.78, 5) is 56.5. The molecule has 37 heavy (non-hydrogen) atoms.